The van der Waals surface area contributed by atoms with E-state index in [-0.39, 0.29) is 0 Å². The average Bonchev–Trinajstić information content (AvgIpc) is 3.16. The van der Waals surface area contributed by atoms with Crippen molar-refractivity contribution in [1.29, 1.82) is 0 Å². The van der Waals surface area contributed by atoms with Crippen molar-refractivity contribution in [2.24, 2.45) is 4.99 Å². The molecule has 0 bridgehead atoms. The van der Waals surface area contributed by atoms with Crippen LogP contribution in [0.25, 0.3) is 0 Å². The van der Waals surface area contributed by atoms with Crippen molar-refractivity contribution in [1.82, 2.24) is 15.5 Å². The van der Waals surface area contributed by atoms with Gasteiger partial charge in [0.05, 0.1) is 6.61 Å². The van der Waals surface area contributed by atoms with Gasteiger partial charge in [-0.2, -0.15) is 0 Å². The summed E-state index contributed by atoms with van der Waals surface area (Å²) in [5.41, 5.74) is 3.80. The van der Waals surface area contributed by atoms with Crippen molar-refractivity contribution in [2.75, 3.05) is 27.2 Å². The molecule has 1 fully saturated rings. The molecule has 1 aliphatic heterocycles. The summed E-state index contributed by atoms with van der Waals surface area (Å²) in [5.74, 6) is 0.851. The third-order valence-corrected chi connectivity index (χ3v) is 5.22. The second kappa shape index (κ2) is 10.8. The van der Waals surface area contributed by atoms with Crippen LogP contribution in [-0.2, 0) is 24.4 Å². The van der Waals surface area contributed by atoms with Crippen molar-refractivity contribution in [3.05, 3.63) is 71.3 Å². The fraction of sp³-hybridized carbons (Fsp3) is 0.435. The van der Waals surface area contributed by atoms with Crippen LogP contribution in [-0.4, -0.2) is 44.1 Å². The van der Waals surface area contributed by atoms with Gasteiger partial charge in [0.2, 0.25) is 0 Å². The molecule has 0 saturated carbocycles. The Morgan fingerprint density at radius 3 is 2.64 bits per heavy atom. The van der Waals surface area contributed by atoms with Gasteiger partial charge in [0, 0.05) is 39.8 Å². The molecule has 2 aromatic carbocycles. The molecular weight excluding hydrogens is 348 g/mol. The number of aliphatic imine (C=N–C) groups is 1. The molecule has 28 heavy (non-hydrogen) atoms. The zero-order valence-corrected chi connectivity index (χ0v) is 17.0. The maximum atomic E-state index is 5.22. The van der Waals surface area contributed by atoms with Crippen LogP contribution in [0.15, 0.2) is 59.6 Å². The monoisotopic (exact) mass is 380 g/mol. The molecule has 0 spiro atoms. The van der Waals surface area contributed by atoms with E-state index in [4.69, 9.17) is 4.74 Å². The lowest BCUT2D eigenvalue weighted by atomic mass is 10.1. The number of ether oxygens (including phenoxy) is 1. The number of likely N-dealkylation sites (tertiary alicyclic amines) is 1. The predicted molar refractivity (Wildman–Crippen MR) is 115 cm³/mol. The molecule has 2 N–H and O–H groups in total. The van der Waals surface area contributed by atoms with Crippen LogP contribution in [0.2, 0.25) is 0 Å². The Labute approximate surface area is 168 Å². The fourth-order valence-electron chi connectivity index (χ4n) is 3.77. The van der Waals surface area contributed by atoms with E-state index in [0.717, 1.165) is 25.6 Å². The minimum atomic E-state index is 0.545. The van der Waals surface area contributed by atoms with Crippen molar-refractivity contribution in [3.63, 3.8) is 0 Å². The first-order valence-corrected chi connectivity index (χ1v) is 10.1. The van der Waals surface area contributed by atoms with E-state index in [1.807, 2.05) is 7.05 Å². The summed E-state index contributed by atoms with van der Waals surface area (Å²) in [6.07, 6.45) is 2.49. The first-order chi connectivity index (χ1) is 13.8. The Kier molecular flexibility index (Phi) is 7.88. The van der Waals surface area contributed by atoms with Gasteiger partial charge in [-0.25, -0.2) is 0 Å². The molecule has 2 aromatic rings. The lowest BCUT2D eigenvalue weighted by Crippen LogP contribution is -2.44. The smallest absolute Gasteiger partial charge is 0.191 e. The van der Waals surface area contributed by atoms with Gasteiger partial charge in [0.15, 0.2) is 5.96 Å². The van der Waals surface area contributed by atoms with Gasteiger partial charge >= 0.3 is 0 Å². The van der Waals surface area contributed by atoms with Crippen molar-refractivity contribution < 1.29 is 4.74 Å². The number of nitrogens with one attached hydrogen (secondary N) is 2. The van der Waals surface area contributed by atoms with E-state index in [0.29, 0.717) is 12.6 Å². The first kappa shape index (κ1) is 20.4. The van der Waals surface area contributed by atoms with E-state index in [1.165, 1.54) is 36.1 Å². The third-order valence-electron chi connectivity index (χ3n) is 5.22. The topological polar surface area (TPSA) is 48.9 Å². The molecule has 0 aromatic heterocycles. The molecule has 1 aliphatic rings. The van der Waals surface area contributed by atoms with E-state index in [9.17, 15) is 0 Å². The van der Waals surface area contributed by atoms with Crippen LogP contribution in [0.5, 0.6) is 0 Å². The highest BCUT2D eigenvalue weighted by atomic mass is 16.5. The van der Waals surface area contributed by atoms with Gasteiger partial charge in [0.1, 0.15) is 0 Å². The molecule has 150 valence electrons. The van der Waals surface area contributed by atoms with Crippen LogP contribution in [0.1, 0.15) is 29.5 Å². The Balaban J connectivity index is 1.47. The lowest BCUT2D eigenvalue weighted by molar-refractivity contribution is 0.185. The molecule has 1 atom stereocenters. The maximum Gasteiger partial charge on any atom is 0.191 e. The summed E-state index contributed by atoms with van der Waals surface area (Å²) < 4.78 is 5.22. The minimum absolute atomic E-state index is 0.545. The molecular formula is C23H32N4O. The van der Waals surface area contributed by atoms with Crippen molar-refractivity contribution in [2.45, 2.75) is 38.6 Å². The average molecular weight is 381 g/mol. The van der Waals surface area contributed by atoms with Gasteiger partial charge in [-0.05, 0) is 36.1 Å². The van der Waals surface area contributed by atoms with Crippen molar-refractivity contribution in [3.8, 4) is 0 Å². The summed E-state index contributed by atoms with van der Waals surface area (Å²) in [6.45, 7) is 4.48. The third kappa shape index (κ3) is 6.08. The van der Waals surface area contributed by atoms with E-state index in [2.05, 4.69) is 75.1 Å². The fourth-order valence-corrected chi connectivity index (χ4v) is 3.77. The molecule has 1 saturated heterocycles. The van der Waals surface area contributed by atoms with E-state index in [1.54, 1.807) is 7.11 Å². The largest absolute Gasteiger partial charge is 0.380 e. The van der Waals surface area contributed by atoms with Gasteiger partial charge < -0.3 is 15.4 Å². The summed E-state index contributed by atoms with van der Waals surface area (Å²) >= 11 is 0. The van der Waals surface area contributed by atoms with Crippen molar-refractivity contribution >= 4 is 5.96 Å². The Morgan fingerprint density at radius 1 is 1.07 bits per heavy atom. The zero-order chi connectivity index (χ0) is 19.6. The summed E-state index contributed by atoms with van der Waals surface area (Å²) in [6, 6.07) is 19.7. The second-order valence-corrected chi connectivity index (χ2v) is 7.31. The van der Waals surface area contributed by atoms with Crippen LogP contribution in [0.4, 0.5) is 0 Å². The Morgan fingerprint density at radius 2 is 1.86 bits per heavy atom. The Bertz CT molecular complexity index is 747. The number of nitrogens with zero attached hydrogens (tertiary/aromatic N) is 2. The second-order valence-electron chi connectivity index (χ2n) is 7.31. The molecule has 0 radical (unpaired) electrons. The standard InChI is InChI=1S/C23H32N4O/c1-24-23(25-15-20-10-6-11-21(14-20)18-28-2)26-16-22-12-7-13-27(22)17-19-8-4-3-5-9-19/h3-6,8-11,14,22H,7,12-13,15-18H2,1-2H3,(H2,24,25,26). The quantitative estimate of drug-likeness (QED) is 0.546. The number of rotatable bonds is 8. The van der Waals surface area contributed by atoms with Crippen LogP contribution in [0, 0.1) is 0 Å². The van der Waals surface area contributed by atoms with E-state index < -0.39 is 0 Å². The number of hydrogen-bond donors (Lipinski definition) is 2. The Hall–Kier alpha value is -2.37. The SMILES string of the molecule is CN=C(NCc1cccc(COC)c1)NCC1CCCN1Cc1ccccc1. The van der Waals surface area contributed by atoms with Crippen LogP contribution in [0.3, 0.4) is 0 Å². The highest BCUT2D eigenvalue weighted by Gasteiger charge is 2.24. The van der Waals surface area contributed by atoms with Gasteiger partial charge in [-0.3, -0.25) is 9.89 Å². The molecule has 5 nitrogen and oxygen atoms in total. The maximum absolute atomic E-state index is 5.22. The number of benzene rings is 2. The molecule has 3 rings (SSSR count). The van der Waals surface area contributed by atoms with Crippen LogP contribution >= 0.6 is 0 Å². The first-order valence-electron chi connectivity index (χ1n) is 10.1. The highest BCUT2D eigenvalue weighted by molar-refractivity contribution is 5.79. The van der Waals surface area contributed by atoms with Crippen LogP contribution < -0.4 is 10.6 Å². The zero-order valence-electron chi connectivity index (χ0n) is 17.0. The number of methoxy groups -OCH3 is 1. The molecule has 0 aliphatic carbocycles. The molecule has 1 heterocycles. The summed E-state index contributed by atoms with van der Waals surface area (Å²) in [4.78, 5) is 6.96. The highest BCUT2D eigenvalue weighted by Crippen LogP contribution is 2.19. The van der Waals surface area contributed by atoms with E-state index >= 15 is 0 Å². The molecule has 1 unspecified atom stereocenters. The van der Waals surface area contributed by atoms with Gasteiger partial charge in [-0.1, -0.05) is 54.6 Å². The number of hydrogen-bond acceptors (Lipinski definition) is 3. The normalized spacial score (nSPS) is 17.6. The van der Waals surface area contributed by atoms with Gasteiger partial charge in [-0.15, -0.1) is 0 Å². The minimum Gasteiger partial charge on any atom is -0.380 e. The predicted octanol–water partition coefficient (Wildman–Crippen LogP) is 3.16. The summed E-state index contributed by atoms with van der Waals surface area (Å²) in [7, 11) is 3.55. The van der Waals surface area contributed by atoms with Gasteiger partial charge in [0.25, 0.3) is 0 Å². The number of guanidine groups is 1. The molecule has 5 heteroatoms. The lowest BCUT2D eigenvalue weighted by Gasteiger charge is -2.25. The summed E-state index contributed by atoms with van der Waals surface area (Å²) in [5, 5.41) is 6.93. The molecule has 0 amide bonds.